The highest BCUT2D eigenvalue weighted by molar-refractivity contribution is 6.13. The van der Waals surface area contributed by atoms with Crippen molar-refractivity contribution in [2.45, 2.75) is 0 Å². The molecule has 5 rings (SSSR count). The van der Waals surface area contributed by atoms with Crippen LogP contribution in [0.2, 0.25) is 0 Å². The lowest BCUT2D eigenvalue weighted by molar-refractivity contribution is 0.415. The first-order valence-electron chi connectivity index (χ1n) is 9.21. The summed E-state index contributed by atoms with van der Waals surface area (Å²) < 4.78 is 5.34. The normalized spacial score (nSPS) is 11.0. The average molecular weight is 362 g/mol. The zero-order chi connectivity index (χ0) is 18.9. The van der Waals surface area contributed by atoms with Gasteiger partial charge in [-0.2, -0.15) is 0 Å². The number of fused-ring (bicyclic) bond motifs is 3. The molecule has 0 bridgehead atoms. The molecule has 2 heterocycles. The molecule has 0 fully saturated rings. The number of hydrogen-bond acceptors (Lipinski definition) is 3. The van der Waals surface area contributed by atoms with Crippen molar-refractivity contribution in [1.82, 2.24) is 9.97 Å². The monoisotopic (exact) mass is 362 g/mol. The van der Waals surface area contributed by atoms with E-state index in [2.05, 4.69) is 59.6 Å². The third-order valence-electron chi connectivity index (χ3n) is 5.06. The molecular formula is C25H18N2O. The highest BCUT2D eigenvalue weighted by atomic mass is 16.5. The van der Waals surface area contributed by atoms with Gasteiger partial charge in [-0.15, -0.1) is 0 Å². The second-order valence-electron chi connectivity index (χ2n) is 6.71. The Morgan fingerprint density at radius 3 is 2.43 bits per heavy atom. The first-order chi connectivity index (χ1) is 13.8. The van der Waals surface area contributed by atoms with Gasteiger partial charge < -0.3 is 4.74 Å². The van der Waals surface area contributed by atoms with Gasteiger partial charge in [-0.05, 0) is 58.3 Å². The molecule has 0 atom stereocenters. The summed E-state index contributed by atoms with van der Waals surface area (Å²) in [4.78, 5) is 9.21. The smallest absolute Gasteiger partial charge is 0.118 e. The first-order valence-corrected chi connectivity index (χ1v) is 9.21. The van der Waals surface area contributed by atoms with Crippen LogP contribution in [0.1, 0.15) is 0 Å². The van der Waals surface area contributed by atoms with Crippen molar-refractivity contribution in [3.05, 3.63) is 91.3 Å². The average Bonchev–Trinajstić information content (AvgIpc) is 2.79. The van der Waals surface area contributed by atoms with Crippen molar-refractivity contribution in [3.8, 4) is 28.1 Å². The summed E-state index contributed by atoms with van der Waals surface area (Å²) >= 11 is 0. The topological polar surface area (TPSA) is 35.0 Å². The summed E-state index contributed by atoms with van der Waals surface area (Å²) in [5.41, 5.74) is 5.19. The number of rotatable bonds is 3. The van der Waals surface area contributed by atoms with Crippen LogP contribution in [0.15, 0.2) is 91.3 Å². The zero-order valence-electron chi connectivity index (χ0n) is 15.5. The fraction of sp³-hybridized carbons (Fsp3) is 0.0400. The summed E-state index contributed by atoms with van der Waals surface area (Å²) in [5.74, 6) is 0.847. The highest BCUT2D eigenvalue weighted by Crippen LogP contribution is 2.36. The Bertz CT molecular complexity index is 1280. The Balaban J connectivity index is 1.86. The molecule has 0 amide bonds. The molecule has 3 nitrogen and oxygen atoms in total. The molecule has 0 aliphatic carbocycles. The molecule has 28 heavy (non-hydrogen) atoms. The number of benzene rings is 3. The van der Waals surface area contributed by atoms with Crippen LogP contribution >= 0.6 is 0 Å². The van der Waals surface area contributed by atoms with Gasteiger partial charge >= 0.3 is 0 Å². The van der Waals surface area contributed by atoms with E-state index in [1.165, 1.54) is 10.8 Å². The number of methoxy groups -OCH3 is 1. The van der Waals surface area contributed by atoms with Gasteiger partial charge in [0.1, 0.15) is 5.75 Å². The van der Waals surface area contributed by atoms with Crippen molar-refractivity contribution >= 4 is 21.7 Å². The molecule has 0 N–H and O–H groups in total. The van der Waals surface area contributed by atoms with E-state index in [0.717, 1.165) is 39.0 Å². The van der Waals surface area contributed by atoms with Gasteiger partial charge in [0, 0.05) is 23.3 Å². The van der Waals surface area contributed by atoms with Gasteiger partial charge in [0.25, 0.3) is 0 Å². The van der Waals surface area contributed by atoms with Crippen LogP contribution in [-0.2, 0) is 0 Å². The fourth-order valence-corrected chi connectivity index (χ4v) is 3.67. The largest absolute Gasteiger partial charge is 0.497 e. The lowest BCUT2D eigenvalue weighted by Crippen LogP contribution is -1.92. The Kier molecular flexibility index (Phi) is 3.99. The van der Waals surface area contributed by atoms with Crippen LogP contribution in [0.5, 0.6) is 5.75 Å². The molecule has 0 radical (unpaired) electrons. The quantitative estimate of drug-likeness (QED) is 0.362. The number of pyridine rings is 2. The molecular weight excluding hydrogens is 344 g/mol. The van der Waals surface area contributed by atoms with Crippen molar-refractivity contribution in [2.75, 3.05) is 7.11 Å². The summed E-state index contributed by atoms with van der Waals surface area (Å²) in [6.07, 6.45) is 3.63. The molecule has 0 saturated heterocycles. The van der Waals surface area contributed by atoms with E-state index in [-0.39, 0.29) is 0 Å². The maximum Gasteiger partial charge on any atom is 0.118 e. The van der Waals surface area contributed by atoms with Crippen molar-refractivity contribution < 1.29 is 4.74 Å². The molecule has 0 spiro atoms. The molecule has 3 aromatic carbocycles. The van der Waals surface area contributed by atoms with E-state index in [1.54, 1.807) is 13.3 Å². The van der Waals surface area contributed by atoms with E-state index in [0.29, 0.717) is 0 Å². The van der Waals surface area contributed by atoms with E-state index in [1.807, 2.05) is 30.5 Å². The van der Waals surface area contributed by atoms with Gasteiger partial charge in [-0.25, -0.2) is 4.98 Å². The van der Waals surface area contributed by atoms with E-state index < -0.39 is 0 Å². The molecule has 2 aromatic heterocycles. The summed E-state index contributed by atoms with van der Waals surface area (Å²) in [5, 5.41) is 3.58. The minimum atomic E-state index is 0.847. The van der Waals surface area contributed by atoms with E-state index in [9.17, 15) is 0 Å². The third-order valence-corrected chi connectivity index (χ3v) is 5.06. The number of hydrogen-bond donors (Lipinski definition) is 0. The van der Waals surface area contributed by atoms with Gasteiger partial charge in [0.05, 0.1) is 18.3 Å². The number of nitrogens with zero attached hydrogens (tertiary/aromatic N) is 2. The van der Waals surface area contributed by atoms with Gasteiger partial charge in [0.15, 0.2) is 0 Å². The second kappa shape index (κ2) is 6.78. The first kappa shape index (κ1) is 16.5. The predicted octanol–water partition coefficient (Wildman–Crippen LogP) is 6.13. The number of aromatic nitrogens is 2. The van der Waals surface area contributed by atoms with Crippen LogP contribution in [0.25, 0.3) is 44.1 Å². The maximum absolute atomic E-state index is 5.34. The summed E-state index contributed by atoms with van der Waals surface area (Å²) in [7, 11) is 1.69. The van der Waals surface area contributed by atoms with Crippen molar-refractivity contribution in [3.63, 3.8) is 0 Å². The second-order valence-corrected chi connectivity index (χ2v) is 6.71. The van der Waals surface area contributed by atoms with Gasteiger partial charge in [0.2, 0.25) is 0 Å². The van der Waals surface area contributed by atoms with Crippen molar-refractivity contribution in [2.24, 2.45) is 0 Å². The molecule has 0 saturated carbocycles. The summed E-state index contributed by atoms with van der Waals surface area (Å²) in [6.45, 7) is 0. The number of ether oxygens (including phenoxy) is 1. The Hall–Kier alpha value is -3.72. The minimum absolute atomic E-state index is 0.847. The molecule has 0 aliphatic rings. The summed E-state index contributed by atoms with van der Waals surface area (Å²) in [6, 6.07) is 27.0. The highest BCUT2D eigenvalue weighted by Gasteiger charge is 2.12. The standard InChI is InChI=1S/C25H18N2O/c1-28-20-11-8-18(9-12-20)22-15-24(19-6-4-14-26-16-19)27-23-13-10-17-5-2-3-7-21(17)25(22)23/h2-16H,1H3. The third kappa shape index (κ3) is 2.78. The Morgan fingerprint density at radius 2 is 1.64 bits per heavy atom. The predicted molar refractivity (Wildman–Crippen MR) is 114 cm³/mol. The molecule has 0 unspecified atom stereocenters. The Morgan fingerprint density at radius 1 is 0.786 bits per heavy atom. The SMILES string of the molecule is COc1ccc(-c2cc(-c3cccnc3)nc3ccc4ccccc4c23)cc1. The minimum Gasteiger partial charge on any atom is -0.497 e. The van der Waals surface area contributed by atoms with E-state index in [4.69, 9.17) is 9.72 Å². The molecule has 0 aliphatic heterocycles. The maximum atomic E-state index is 5.34. The lowest BCUT2D eigenvalue weighted by Gasteiger charge is -2.13. The Labute approximate surface area is 163 Å². The van der Waals surface area contributed by atoms with Crippen molar-refractivity contribution in [1.29, 1.82) is 0 Å². The van der Waals surface area contributed by atoms with Crippen LogP contribution < -0.4 is 4.74 Å². The van der Waals surface area contributed by atoms with Crippen LogP contribution in [0, 0.1) is 0 Å². The van der Waals surface area contributed by atoms with Crippen LogP contribution in [0.4, 0.5) is 0 Å². The zero-order valence-corrected chi connectivity index (χ0v) is 15.5. The molecule has 3 heteroatoms. The molecule has 134 valence electrons. The van der Waals surface area contributed by atoms with Crippen LogP contribution in [-0.4, -0.2) is 17.1 Å². The van der Waals surface area contributed by atoms with Gasteiger partial charge in [-0.1, -0.05) is 42.5 Å². The fourth-order valence-electron chi connectivity index (χ4n) is 3.67. The van der Waals surface area contributed by atoms with E-state index >= 15 is 0 Å². The lowest BCUT2D eigenvalue weighted by atomic mass is 9.95. The van der Waals surface area contributed by atoms with Gasteiger partial charge in [-0.3, -0.25) is 4.98 Å². The molecule has 5 aromatic rings. The van der Waals surface area contributed by atoms with Crippen LogP contribution in [0.3, 0.4) is 0 Å².